The van der Waals surface area contributed by atoms with E-state index < -0.39 is 0 Å². The Kier molecular flexibility index (Phi) is 3.98. The van der Waals surface area contributed by atoms with Crippen LogP contribution in [-0.2, 0) is 4.79 Å². The Hall–Kier alpha value is -1.21. The van der Waals surface area contributed by atoms with E-state index in [0.29, 0.717) is 5.69 Å². The van der Waals surface area contributed by atoms with Crippen molar-refractivity contribution in [2.24, 2.45) is 0 Å². The first-order chi connectivity index (χ1) is 7.06. The van der Waals surface area contributed by atoms with Gasteiger partial charge in [-0.25, -0.2) is 4.98 Å². The van der Waals surface area contributed by atoms with Crippen LogP contribution in [0.4, 0.5) is 0 Å². The summed E-state index contributed by atoms with van der Waals surface area (Å²) in [7, 11) is 0. The lowest BCUT2D eigenvalue weighted by molar-refractivity contribution is -0.116. The van der Waals surface area contributed by atoms with Crippen LogP contribution in [-0.4, -0.2) is 15.6 Å². The topological polar surface area (TPSA) is 53.8 Å². The van der Waals surface area contributed by atoms with Gasteiger partial charge < -0.3 is 0 Å². The lowest BCUT2D eigenvalue weighted by Crippen LogP contribution is -2.17. The Labute approximate surface area is 97.3 Å². The number of halogens is 1. The second-order valence-corrected chi connectivity index (χ2v) is 4.38. The molecule has 0 amide bonds. The molecular weight excluding hydrogens is 256 g/mol. The molecule has 0 saturated carbocycles. The summed E-state index contributed by atoms with van der Waals surface area (Å²) in [5, 5.41) is 8.59. The summed E-state index contributed by atoms with van der Waals surface area (Å²) in [5.41, 5.74) is 1.34. The molecule has 2 atom stereocenters. The van der Waals surface area contributed by atoms with Crippen molar-refractivity contribution in [1.82, 2.24) is 4.98 Å². The molecule has 3 nitrogen and oxygen atoms in total. The van der Waals surface area contributed by atoms with Crippen LogP contribution < -0.4 is 0 Å². The van der Waals surface area contributed by atoms with E-state index in [2.05, 4.69) is 20.9 Å². The largest absolute Gasteiger partial charge is 0.299 e. The van der Waals surface area contributed by atoms with Gasteiger partial charge in [0, 0.05) is 12.1 Å². The molecule has 0 saturated heterocycles. The van der Waals surface area contributed by atoms with Gasteiger partial charge in [-0.15, -0.1) is 0 Å². The normalized spacial score (nSPS) is 14.0. The van der Waals surface area contributed by atoms with Gasteiger partial charge in [-0.05, 0) is 18.6 Å². The average molecular weight is 267 g/mol. The van der Waals surface area contributed by atoms with Gasteiger partial charge in [-0.1, -0.05) is 28.9 Å². The molecule has 1 rings (SSSR count). The summed E-state index contributed by atoms with van der Waals surface area (Å²) < 4.78 is 0. The maximum absolute atomic E-state index is 11.2. The number of nitrogens with zero attached hydrogens (tertiary/aromatic N) is 2. The van der Waals surface area contributed by atoms with Gasteiger partial charge in [-0.3, -0.25) is 4.79 Å². The van der Waals surface area contributed by atoms with Gasteiger partial charge >= 0.3 is 0 Å². The summed E-state index contributed by atoms with van der Waals surface area (Å²) >= 11 is 3.34. The number of hydrogen-bond donors (Lipinski definition) is 0. The molecule has 1 heterocycles. The number of alkyl halides is 1. The number of hydrogen-bond acceptors (Lipinski definition) is 3. The molecular formula is C11H11BrN2O. The fourth-order valence-electron chi connectivity index (χ4n) is 1.26. The Morgan fingerprint density at radius 1 is 1.60 bits per heavy atom. The molecule has 0 aliphatic rings. The van der Waals surface area contributed by atoms with Gasteiger partial charge in [0.1, 0.15) is 17.5 Å². The zero-order chi connectivity index (χ0) is 11.4. The van der Waals surface area contributed by atoms with E-state index in [9.17, 15) is 4.79 Å². The van der Waals surface area contributed by atoms with E-state index in [0.717, 1.165) is 5.56 Å². The molecule has 0 bridgehead atoms. The number of pyridine rings is 1. The Morgan fingerprint density at radius 2 is 2.27 bits per heavy atom. The fourth-order valence-corrected chi connectivity index (χ4v) is 1.57. The SMILES string of the molecule is CC(=O)C(Br)C(C)c1ccc(C#N)nc1. The zero-order valence-electron chi connectivity index (χ0n) is 8.57. The minimum Gasteiger partial charge on any atom is -0.299 e. The molecule has 15 heavy (non-hydrogen) atoms. The second kappa shape index (κ2) is 5.04. The van der Waals surface area contributed by atoms with E-state index in [4.69, 9.17) is 5.26 Å². The second-order valence-electron chi connectivity index (χ2n) is 3.39. The van der Waals surface area contributed by atoms with Gasteiger partial charge in [-0.2, -0.15) is 5.26 Å². The van der Waals surface area contributed by atoms with Crippen molar-refractivity contribution in [3.63, 3.8) is 0 Å². The first-order valence-electron chi connectivity index (χ1n) is 4.57. The molecule has 0 fully saturated rings. The smallest absolute Gasteiger partial charge is 0.144 e. The zero-order valence-corrected chi connectivity index (χ0v) is 10.2. The highest BCUT2D eigenvalue weighted by atomic mass is 79.9. The number of nitriles is 1. The minimum absolute atomic E-state index is 0.0581. The van der Waals surface area contributed by atoms with E-state index in [1.54, 1.807) is 19.2 Å². The number of Topliss-reactive ketones (excluding diaryl/α,β-unsaturated/α-hetero) is 1. The molecule has 0 N–H and O–H groups in total. The Bertz CT molecular complexity index is 394. The highest BCUT2D eigenvalue weighted by Crippen LogP contribution is 2.24. The molecule has 1 aromatic rings. The van der Waals surface area contributed by atoms with E-state index >= 15 is 0 Å². The first-order valence-corrected chi connectivity index (χ1v) is 5.48. The van der Waals surface area contributed by atoms with Crippen molar-refractivity contribution in [2.75, 3.05) is 0 Å². The Balaban J connectivity index is 2.88. The van der Waals surface area contributed by atoms with Crippen LogP contribution in [0.3, 0.4) is 0 Å². The van der Waals surface area contributed by atoms with Crippen LogP contribution >= 0.6 is 15.9 Å². The molecule has 1 aromatic heterocycles. The maximum atomic E-state index is 11.2. The van der Waals surface area contributed by atoms with E-state index in [-0.39, 0.29) is 16.5 Å². The van der Waals surface area contributed by atoms with Gasteiger partial charge in [0.15, 0.2) is 0 Å². The third-order valence-electron chi connectivity index (χ3n) is 2.25. The predicted octanol–water partition coefficient (Wildman–Crippen LogP) is 2.41. The number of aromatic nitrogens is 1. The molecule has 4 heteroatoms. The van der Waals surface area contributed by atoms with Crippen molar-refractivity contribution >= 4 is 21.7 Å². The number of carbonyl (C=O) groups excluding carboxylic acids is 1. The van der Waals surface area contributed by atoms with Crippen LogP contribution in [0, 0.1) is 11.3 Å². The van der Waals surface area contributed by atoms with Gasteiger partial charge in [0.2, 0.25) is 0 Å². The van der Waals surface area contributed by atoms with Crippen molar-refractivity contribution < 1.29 is 4.79 Å². The van der Waals surface area contributed by atoms with Crippen LogP contribution in [0.25, 0.3) is 0 Å². The number of rotatable bonds is 3. The summed E-state index contributed by atoms with van der Waals surface area (Å²) in [6.45, 7) is 3.50. The van der Waals surface area contributed by atoms with Crippen molar-refractivity contribution in [1.29, 1.82) is 5.26 Å². The molecule has 0 aromatic carbocycles. The van der Waals surface area contributed by atoms with Crippen molar-refractivity contribution in [2.45, 2.75) is 24.6 Å². The third kappa shape index (κ3) is 2.87. The van der Waals surface area contributed by atoms with Crippen LogP contribution in [0.15, 0.2) is 18.3 Å². The summed E-state index contributed by atoms with van der Waals surface area (Å²) in [6, 6.07) is 5.44. The van der Waals surface area contributed by atoms with E-state index in [1.165, 1.54) is 0 Å². The molecule has 0 radical (unpaired) electrons. The molecule has 0 aliphatic carbocycles. The van der Waals surface area contributed by atoms with Crippen molar-refractivity contribution in [3.05, 3.63) is 29.6 Å². The maximum Gasteiger partial charge on any atom is 0.144 e. The average Bonchev–Trinajstić information content (AvgIpc) is 2.27. The van der Waals surface area contributed by atoms with Gasteiger partial charge in [0.25, 0.3) is 0 Å². The standard InChI is InChI=1S/C11H11BrN2O/c1-7(11(12)8(2)15)9-3-4-10(5-13)14-6-9/h3-4,6-7,11H,1-2H3. The molecule has 78 valence electrons. The van der Waals surface area contributed by atoms with Crippen LogP contribution in [0.1, 0.15) is 31.0 Å². The van der Waals surface area contributed by atoms with Gasteiger partial charge in [0.05, 0.1) is 4.83 Å². The summed E-state index contributed by atoms with van der Waals surface area (Å²) in [5.74, 6) is 0.148. The molecule has 2 unspecified atom stereocenters. The minimum atomic E-state index is -0.202. The number of carbonyl (C=O) groups is 1. The summed E-state index contributed by atoms with van der Waals surface area (Å²) in [6.07, 6.45) is 1.64. The number of ketones is 1. The van der Waals surface area contributed by atoms with Crippen LogP contribution in [0.5, 0.6) is 0 Å². The predicted molar refractivity (Wildman–Crippen MR) is 60.8 cm³/mol. The first kappa shape index (κ1) is 11.9. The monoisotopic (exact) mass is 266 g/mol. The summed E-state index contributed by atoms with van der Waals surface area (Å²) in [4.78, 5) is 14.9. The Morgan fingerprint density at radius 3 is 2.67 bits per heavy atom. The highest BCUT2D eigenvalue weighted by Gasteiger charge is 2.20. The van der Waals surface area contributed by atoms with Crippen LogP contribution in [0.2, 0.25) is 0 Å². The van der Waals surface area contributed by atoms with Crippen molar-refractivity contribution in [3.8, 4) is 6.07 Å². The third-order valence-corrected chi connectivity index (χ3v) is 3.69. The lowest BCUT2D eigenvalue weighted by atomic mass is 9.97. The molecule has 0 aliphatic heterocycles. The highest BCUT2D eigenvalue weighted by molar-refractivity contribution is 9.10. The quantitative estimate of drug-likeness (QED) is 0.790. The van der Waals surface area contributed by atoms with E-state index in [1.807, 2.05) is 19.1 Å². The fraction of sp³-hybridized carbons (Fsp3) is 0.364. The lowest BCUT2D eigenvalue weighted by Gasteiger charge is -2.15. The molecule has 0 spiro atoms.